The van der Waals surface area contributed by atoms with Crippen LogP contribution in [0.4, 0.5) is 4.39 Å². The summed E-state index contributed by atoms with van der Waals surface area (Å²) >= 11 is 0. The topological polar surface area (TPSA) is 114 Å². The number of halogens is 1. The van der Waals surface area contributed by atoms with Gasteiger partial charge >= 0.3 is 5.97 Å². The molecule has 0 unspecified atom stereocenters. The van der Waals surface area contributed by atoms with Crippen molar-refractivity contribution < 1.29 is 28.9 Å². The van der Waals surface area contributed by atoms with Crippen LogP contribution in [0, 0.1) is 5.82 Å². The number of hydrogen-bond donors (Lipinski definition) is 3. The van der Waals surface area contributed by atoms with Gasteiger partial charge in [0.25, 0.3) is 5.91 Å². The average molecular weight is 399 g/mol. The molecule has 3 rings (SSSR count). The third-order valence-electron chi connectivity index (χ3n) is 4.20. The van der Waals surface area contributed by atoms with Crippen molar-refractivity contribution in [3.8, 4) is 17.3 Å². The Bertz CT molecular complexity index is 1020. The highest BCUT2D eigenvalue weighted by molar-refractivity contribution is 5.93. The Morgan fingerprint density at radius 3 is 2.41 bits per heavy atom. The van der Waals surface area contributed by atoms with Crippen LogP contribution in [0.1, 0.15) is 28.5 Å². The lowest BCUT2D eigenvalue weighted by Gasteiger charge is -2.17. The smallest absolute Gasteiger partial charge is 0.305 e. The fraction of sp³-hybridized carbons (Fsp3) is 0.150. The third-order valence-corrected chi connectivity index (χ3v) is 4.20. The van der Waals surface area contributed by atoms with Gasteiger partial charge in [-0.1, -0.05) is 12.1 Å². The number of methoxy groups -OCH3 is 1. The van der Waals surface area contributed by atoms with Crippen LogP contribution in [-0.4, -0.2) is 39.0 Å². The summed E-state index contributed by atoms with van der Waals surface area (Å²) in [6, 6.07) is 12.1. The zero-order valence-corrected chi connectivity index (χ0v) is 15.4. The van der Waals surface area contributed by atoms with Gasteiger partial charge in [0.2, 0.25) is 5.88 Å². The predicted octanol–water partition coefficient (Wildman–Crippen LogP) is 2.67. The largest absolute Gasteiger partial charge is 0.497 e. The molecule has 8 nitrogen and oxygen atoms in total. The number of carbonyl (C=O) groups excluding carboxylic acids is 1. The first-order valence-corrected chi connectivity index (χ1v) is 8.59. The van der Waals surface area contributed by atoms with Crippen molar-refractivity contribution in [1.29, 1.82) is 0 Å². The Labute approximate surface area is 165 Å². The second-order valence-electron chi connectivity index (χ2n) is 6.17. The number of hydrogen-bond acceptors (Lipinski definition) is 5. The Balaban J connectivity index is 1.83. The monoisotopic (exact) mass is 399 g/mol. The molecule has 1 aromatic heterocycles. The quantitative estimate of drug-likeness (QED) is 0.563. The number of aromatic hydroxyl groups is 1. The number of benzene rings is 2. The van der Waals surface area contributed by atoms with Crippen LogP contribution < -0.4 is 10.1 Å². The van der Waals surface area contributed by atoms with E-state index < -0.39 is 23.7 Å². The van der Waals surface area contributed by atoms with Gasteiger partial charge in [0.1, 0.15) is 11.6 Å². The van der Waals surface area contributed by atoms with Crippen LogP contribution in [0.2, 0.25) is 0 Å². The van der Waals surface area contributed by atoms with E-state index in [9.17, 15) is 24.2 Å². The van der Waals surface area contributed by atoms with Crippen molar-refractivity contribution in [2.75, 3.05) is 7.11 Å². The molecule has 0 aliphatic heterocycles. The number of nitrogens with zero attached hydrogens (tertiary/aromatic N) is 2. The maximum absolute atomic E-state index is 13.1. The van der Waals surface area contributed by atoms with Crippen molar-refractivity contribution >= 4 is 11.9 Å². The van der Waals surface area contributed by atoms with E-state index in [1.165, 1.54) is 31.4 Å². The summed E-state index contributed by atoms with van der Waals surface area (Å²) < 4.78 is 19.2. The number of nitrogens with one attached hydrogen (secondary N) is 1. The molecule has 0 aliphatic carbocycles. The first kappa shape index (κ1) is 19.9. The van der Waals surface area contributed by atoms with Crippen LogP contribution in [0.15, 0.2) is 54.6 Å². The first-order valence-electron chi connectivity index (χ1n) is 8.59. The number of carbonyl (C=O) groups is 2. The summed E-state index contributed by atoms with van der Waals surface area (Å²) in [4.78, 5) is 23.8. The highest BCUT2D eigenvalue weighted by atomic mass is 19.1. The van der Waals surface area contributed by atoms with Crippen LogP contribution in [0.5, 0.6) is 11.6 Å². The Morgan fingerprint density at radius 2 is 1.83 bits per heavy atom. The van der Waals surface area contributed by atoms with Crippen molar-refractivity contribution in [2.24, 2.45) is 0 Å². The minimum Gasteiger partial charge on any atom is -0.497 e. The van der Waals surface area contributed by atoms with E-state index in [0.717, 1.165) is 10.7 Å². The summed E-state index contributed by atoms with van der Waals surface area (Å²) in [5.41, 5.74) is 0.819. The van der Waals surface area contributed by atoms with E-state index >= 15 is 0 Å². The maximum atomic E-state index is 13.1. The van der Waals surface area contributed by atoms with Gasteiger partial charge in [0.15, 0.2) is 5.69 Å². The van der Waals surface area contributed by atoms with Gasteiger partial charge in [0, 0.05) is 6.07 Å². The van der Waals surface area contributed by atoms with Gasteiger partial charge in [-0.3, -0.25) is 9.59 Å². The second-order valence-corrected chi connectivity index (χ2v) is 6.17. The minimum absolute atomic E-state index is 0.115. The van der Waals surface area contributed by atoms with E-state index in [1.54, 1.807) is 24.3 Å². The van der Waals surface area contributed by atoms with Crippen molar-refractivity contribution in [1.82, 2.24) is 15.1 Å². The molecule has 0 saturated carbocycles. The number of carboxylic acid groups (broad SMARTS) is 1. The van der Waals surface area contributed by atoms with Gasteiger partial charge in [0.05, 0.1) is 25.3 Å². The second kappa shape index (κ2) is 8.42. The lowest BCUT2D eigenvalue weighted by Crippen LogP contribution is -2.30. The molecule has 0 bridgehead atoms. The third kappa shape index (κ3) is 4.70. The van der Waals surface area contributed by atoms with Gasteiger partial charge < -0.3 is 20.3 Å². The molecule has 0 fully saturated rings. The molecule has 0 aliphatic rings. The summed E-state index contributed by atoms with van der Waals surface area (Å²) in [5.74, 6) is -1.93. The summed E-state index contributed by atoms with van der Waals surface area (Å²) in [6.07, 6.45) is -0.345. The minimum atomic E-state index is -1.09. The van der Waals surface area contributed by atoms with E-state index in [0.29, 0.717) is 17.0 Å². The standard InChI is InChI=1S/C20H18FN3O5/c1-29-15-8-2-12(3-9-15)16(11-19(26)27)22-20(28)17-10-18(25)24(23-17)14-6-4-13(21)5-7-14/h2-10,16,25H,11H2,1H3,(H,22,28)(H,26,27)/t16-/m0/s1. The normalized spacial score (nSPS) is 11.7. The van der Waals surface area contributed by atoms with Crippen LogP contribution in [0.3, 0.4) is 0 Å². The molecule has 9 heteroatoms. The van der Waals surface area contributed by atoms with E-state index in [4.69, 9.17) is 4.74 Å². The fourth-order valence-corrected chi connectivity index (χ4v) is 2.75. The molecule has 0 radical (unpaired) electrons. The Kier molecular flexibility index (Phi) is 5.77. The molecular weight excluding hydrogens is 381 g/mol. The number of carboxylic acids is 1. The lowest BCUT2D eigenvalue weighted by molar-refractivity contribution is -0.137. The van der Waals surface area contributed by atoms with E-state index in [1.807, 2.05) is 0 Å². The van der Waals surface area contributed by atoms with Crippen molar-refractivity contribution in [2.45, 2.75) is 12.5 Å². The maximum Gasteiger partial charge on any atom is 0.305 e. The van der Waals surface area contributed by atoms with Gasteiger partial charge in [-0.2, -0.15) is 5.10 Å². The van der Waals surface area contributed by atoms with Gasteiger partial charge in [-0.25, -0.2) is 9.07 Å². The summed E-state index contributed by atoms with van der Waals surface area (Å²) in [6.45, 7) is 0. The predicted molar refractivity (Wildman–Crippen MR) is 101 cm³/mol. The number of aliphatic carboxylic acids is 1. The molecule has 1 atom stereocenters. The van der Waals surface area contributed by atoms with E-state index in [-0.39, 0.29) is 18.0 Å². The average Bonchev–Trinajstić information content (AvgIpc) is 3.09. The van der Waals surface area contributed by atoms with Crippen molar-refractivity contribution in [3.05, 3.63) is 71.7 Å². The Morgan fingerprint density at radius 1 is 1.17 bits per heavy atom. The Hall–Kier alpha value is -3.88. The van der Waals surface area contributed by atoms with Crippen LogP contribution >= 0.6 is 0 Å². The number of aromatic nitrogens is 2. The molecule has 2 aromatic carbocycles. The summed E-state index contributed by atoms with van der Waals surface area (Å²) in [5, 5.41) is 25.9. The van der Waals surface area contributed by atoms with E-state index in [2.05, 4.69) is 10.4 Å². The molecule has 3 N–H and O–H groups in total. The molecule has 1 heterocycles. The molecular formula is C20H18FN3O5. The van der Waals surface area contributed by atoms with Gasteiger partial charge in [-0.05, 0) is 42.0 Å². The van der Waals surface area contributed by atoms with Crippen LogP contribution in [-0.2, 0) is 4.79 Å². The SMILES string of the molecule is COc1ccc([C@H](CC(=O)O)NC(=O)c2cc(O)n(-c3ccc(F)cc3)n2)cc1. The summed E-state index contributed by atoms with van der Waals surface area (Å²) in [7, 11) is 1.51. The molecule has 29 heavy (non-hydrogen) atoms. The zero-order chi connectivity index (χ0) is 21.0. The highest BCUT2D eigenvalue weighted by Gasteiger charge is 2.22. The highest BCUT2D eigenvalue weighted by Crippen LogP contribution is 2.22. The fourth-order valence-electron chi connectivity index (χ4n) is 2.75. The number of amides is 1. The van der Waals surface area contributed by atoms with Gasteiger partial charge in [-0.15, -0.1) is 0 Å². The lowest BCUT2D eigenvalue weighted by atomic mass is 10.0. The van der Waals surface area contributed by atoms with Crippen LogP contribution in [0.25, 0.3) is 5.69 Å². The zero-order valence-electron chi connectivity index (χ0n) is 15.4. The van der Waals surface area contributed by atoms with Crippen molar-refractivity contribution in [3.63, 3.8) is 0 Å². The number of ether oxygens (including phenoxy) is 1. The first-order chi connectivity index (χ1) is 13.9. The molecule has 3 aromatic rings. The molecule has 0 spiro atoms. The molecule has 1 amide bonds. The molecule has 0 saturated heterocycles. The molecule has 150 valence electrons. The number of rotatable bonds is 7.